The summed E-state index contributed by atoms with van der Waals surface area (Å²) in [5.74, 6) is 3.69. The Balaban J connectivity index is 1.25. The van der Waals surface area contributed by atoms with E-state index in [0.29, 0.717) is 180 Å². The topological polar surface area (TPSA) is 160 Å². The number of hydrogen-bond donors (Lipinski definition) is 0. The zero-order valence-electron chi connectivity index (χ0n) is 48.3. The van der Waals surface area contributed by atoms with Gasteiger partial charge >= 0.3 is 0 Å². The van der Waals surface area contributed by atoms with Gasteiger partial charge in [0.15, 0.2) is 34.5 Å². The van der Waals surface area contributed by atoms with Crippen LogP contribution >= 0.6 is 0 Å². The van der Waals surface area contributed by atoms with E-state index < -0.39 is 0 Å². The lowest BCUT2D eigenvalue weighted by atomic mass is 10.1. The monoisotopic (exact) mass is 1090 g/mol. The molecule has 0 radical (unpaired) electrons. The highest BCUT2D eigenvalue weighted by Crippen LogP contribution is 2.40. The summed E-state index contributed by atoms with van der Waals surface area (Å²) in [6.07, 6.45) is 28.0. The Bertz CT molecular complexity index is 2760. The van der Waals surface area contributed by atoms with Crippen LogP contribution in [0.25, 0.3) is 66.2 Å². The zero-order valence-corrected chi connectivity index (χ0v) is 48.3. The van der Waals surface area contributed by atoms with E-state index in [9.17, 15) is 0 Å². The molecule has 0 aliphatic carbocycles. The van der Waals surface area contributed by atoms with E-state index in [2.05, 4.69) is 27.7 Å². The molecule has 15 nitrogen and oxygen atoms in total. The van der Waals surface area contributed by atoms with Crippen LogP contribution < -0.4 is 28.4 Å². The normalized spacial score (nSPS) is 13.9. The summed E-state index contributed by atoms with van der Waals surface area (Å²) in [5.41, 5.74) is 7.03. The van der Waals surface area contributed by atoms with Crippen LogP contribution in [0.3, 0.4) is 0 Å². The van der Waals surface area contributed by atoms with Gasteiger partial charge in [-0.25, -0.2) is 29.9 Å². The van der Waals surface area contributed by atoms with Gasteiger partial charge in [0.05, 0.1) is 99.2 Å². The fourth-order valence-corrected chi connectivity index (χ4v) is 10.1. The van der Waals surface area contributed by atoms with Crippen molar-refractivity contribution < 1.29 is 42.6 Å². The summed E-state index contributed by atoms with van der Waals surface area (Å²) >= 11 is 0. The lowest BCUT2D eigenvalue weighted by Gasteiger charge is -2.16. The number of benzene rings is 4. The Morgan fingerprint density at radius 2 is 0.494 bits per heavy atom. The highest BCUT2D eigenvalue weighted by molar-refractivity contribution is 6.21. The molecule has 7 aromatic rings. The molecule has 3 aromatic heterocycles. The Labute approximate surface area is 468 Å². The number of ether oxygens (including phenoxy) is 9. The smallest absolute Gasteiger partial charge is 0.163 e. The minimum atomic E-state index is 0.303. The lowest BCUT2D eigenvalue weighted by molar-refractivity contribution is 0.00708. The van der Waals surface area contributed by atoms with Crippen LogP contribution in [0.4, 0.5) is 0 Å². The molecule has 8 rings (SSSR count). The van der Waals surface area contributed by atoms with Crippen molar-refractivity contribution in [2.24, 2.45) is 0 Å². The van der Waals surface area contributed by atoms with Crippen molar-refractivity contribution >= 4 is 66.2 Å². The maximum absolute atomic E-state index is 6.58. The molecule has 15 heteroatoms. The molecule has 1 aliphatic heterocycles. The van der Waals surface area contributed by atoms with Gasteiger partial charge in [-0.05, 0) is 25.7 Å². The fourth-order valence-electron chi connectivity index (χ4n) is 10.1. The van der Waals surface area contributed by atoms with Gasteiger partial charge in [0.1, 0.15) is 46.3 Å². The van der Waals surface area contributed by atoms with Crippen molar-refractivity contribution in [3.05, 3.63) is 36.4 Å². The second-order valence-corrected chi connectivity index (χ2v) is 21.1. The van der Waals surface area contributed by atoms with Gasteiger partial charge in [0, 0.05) is 36.4 Å². The van der Waals surface area contributed by atoms with E-state index in [1.54, 1.807) is 0 Å². The highest BCUT2D eigenvalue weighted by atomic mass is 16.6. The van der Waals surface area contributed by atoms with Gasteiger partial charge in [-0.2, -0.15) is 0 Å². The summed E-state index contributed by atoms with van der Waals surface area (Å²) in [6, 6.07) is 11.6. The fraction of sp³-hybridized carbons (Fsp3) is 0.625. The van der Waals surface area contributed by atoms with Crippen LogP contribution in [0.5, 0.6) is 34.5 Å². The third-order valence-electron chi connectivity index (χ3n) is 14.6. The molecule has 4 heterocycles. The molecular formula is C64H90N6O9. The number of aromatic nitrogens is 6. The number of nitrogens with zero attached hydrogens (tertiary/aromatic N) is 6. The van der Waals surface area contributed by atoms with Gasteiger partial charge in [-0.3, -0.25) is 0 Å². The molecule has 1 aliphatic rings. The van der Waals surface area contributed by atoms with Gasteiger partial charge in [-0.1, -0.05) is 156 Å². The largest absolute Gasteiger partial charge is 0.490 e. The molecule has 0 amide bonds. The first-order valence-electron chi connectivity index (χ1n) is 30.7. The minimum absolute atomic E-state index is 0.303. The van der Waals surface area contributed by atoms with E-state index in [0.717, 1.165) is 51.4 Å². The number of rotatable bonds is 32. The Morgan fingerprint density at radius 3 is 0.747 bits per heavy atom. The Kier molecular flexibility index (Phi) is 25.0. The maximum Gasteiger partial charge on any atom is 0.163 e. The summed E-state index contributed by atoms with van der Waals surface area (Å²) < 4.78 is 56.2. The number of hydrogen-bond acceptors (Lipinski definition) is 15. The minimum Gasteiger partial charge on any atom is -0.490 e. The van der Waals surface area contributed by atoms with E-state index in [1.807, 2.05) is 36.4 Å². The highest BCUT2D eigenvalue weighted by Gasteiger charge is 2.23. The molecule has 0 spiro atoms. The second kappa shape index (κ2) is 33.2. The van der Waals surface area contributed by atoms with Crippen molar-refractivity contribution in [3.8, 4) is 34.5 Å². The maximum atomic E-state index is 6.58. The summed E-state index contributed by atoms with van der Waals surface area (Å²) in [5, 5.41) is 0. The third kappa shape index (κ3) is 17.7. The van der Waals surface area contributed by atoms with E-state index in [-0.39, 0.29) is 0 Å². The van der Waals surface area contributed by atoms with Crippen molar-refractivity contribution in [1.82, 2.24) is 29.9 Å². The van der Waals surface area contributed by atoms with Gasteiger partial charge in [0.2, 0.25) is 0 Å². The molecular weight excluding hydrogens is 997 g/mol. The van der Waals surface area contributed by atoms with Crippen LogP contribution in [0.1, 0.15) is 182 Å². The standard InChI is InChI=1S/C64H90N6O9/c1-5-9-13-17-21-25-29-74-53-41-47-49(43-55(53)76-31-27-23-19-15-11-7-3)67-61-59(65-47)60-62(64-63(61)69-51-45-57-58(46-52(51)70-64)79-40-38-73-36-34-71-33-35-72-37-39-78-57)68-50-44-56(77-32-28-24-20-16-12-8-4)54(42-48(50)66-60)75-30-26-22-18-14-10-6-2/h41-46H,5-40H2,1-4H3. The van der Waals surface area contributed by atoms with Crippen LogP contribution in [0.2, 0.25) is 0 Å². The van der Waals surface area contributed by atoms with Crippen LogP contribution in [-0.2, 0) is 14.2 Å². The third-order valence-corrected chi connectivity index (χ3v) is 14.6. The van der Waals surface area contributed by atoms with Crippen LogP contribution in [-0.4, -0.2) is 109 Å². The van der Waals surface area contributed by atoms with Crippen molar-refractivity contribution in [2.75, 3.05) is 79.3 Å². The number of fused-ring (bicyclic) bond motifs is 10. The molecule has 0 saturated carbocycles. The predicted octanol–water partition coefficient (Wildman–Crippen LogP) is 15.8. The van der Waals surface area contributed by atoms with Crippen LogP contribution in [0.15, 0.2) is 36.4 Å². The first-order valence-corrected chi connectivity index (χ1v) is 30.7. The van der Waals surface area contributed by atoms with Crippen molar-refractivity contribution in [2.45, 2.75) is 182 Å². The average molecular weight is 1090 g/mol. The van der Waals surface area contributed by atoms with E-state index >= 15 is 0 Å². The first-order chi connectivity index (χ1) is 39.1. The van der Waals surface area contributed by atoms with Crippen molar-refractivity contribution in [3.63, 3.8) is 0 Å². The second-order valence-electron chi connectivity index (χ2n) is 21.1. The van der Waals surface area contributed by atoms with E-state index in [4.69, 9.17) is 72.5 Å². The molecule has 79 heavy (non-hydrogen) atoms. The number of unbranched alkanes of at least 4 members (excludes halogenated alkanes) is 20. The molecule has 0 atom stereocenters. The lowest BCUT2D eigenvalue weighted by Crippen LogP contribution is -2.13. The molecule has 0 unspecified atom stereocenters. The van der Waals surface area contributed by atoms with Gasteiger partial charge < -0.3 is 42.6 Å². The molecule has 4 aromatic carbocycles. The van der Waals surface area contributed by atoms with Crippen molar-refractivity contribution in [1.29, 1.82) is 0 Å². The summed E-state index contributed by atoms with van der Waals surface area (Å²) in [7, 11) is 0. The average Bonchev–Trinajstić information content (AvgIpc) is 3.63. The molecule has 430 valence electrons. The molecule has 0 bridgehead atoms. The van der Waals surface area contributed by atoms with Gasteiger partial charge in [-0.15, -0.1) is 0 Å². The Hall–Kier alpha value is -5.64. The molecule has 0 N–H and O–H groups in total. The molecule has 0 fully saturated rings. The quantitative estimate of drug-likeness (QED) is 0.0222. The summed E-state index contributed by atoms with van der Waals surface area (Å²) in [4.78, 5) is 32.4. The SMILES string of the molecule is CCCCCCCCOc1cc2nc3c4nc5cc(OCCCCCCCC)c(OCCCCCCCC)cc5nc4c4nc5cc6c(cc5nc4c3nc2cc1OCCCCCCCC)OCCOCCOCCOCCO6. The van der Waals surface area contributed by atoms with Gasteiger partial charge in [0.25, 0.3) is 0 Å². The first kappa shape index (κ1) is 59.5. The summed E-state index contributed by atoms with van der Waals surface area (Å²) in [6.45, 7) is 14.6. The zero-order chi connectivity index (χ0) is 54.7. The van der Waals surface area contributed by atoms with E-state index in [1.165, 1.54) is 103 Å². The van der Waals surface area contributed by atoms with Crippen LogP contribution in [0, 0.1) is 0 Å². The Morgan fingerprint density at radius 1 is 0.278 bits per heavy atom. The molecule has 0 saturated heterocycles. The predicted molar refractivity (Wildman–Crippen MR) is 317 cm³/mol.